The van der Waals surface area contributed by atoms with Crippen molar-refractivity contribution in [2.24, 2.45) is 11.7 Å². The van der Waals surface area contributed by atoms with Gasteiger partial charge in [-0.2, -0.15) is 5.26 Å². The molecule has 1 amide bonds. The molecule has 2 unspecified atom stereocenters. The molecule has 0 aliphatic heterocycles. The quantitative estimate of drug-likeness (QED) is 0.780. The van der Waals surface area contributed by atoms with Gasteiger partial charge in [-0.1, -0.05) is 0 Å². The smallest absolute Gasteiger partial charge is 0.226 e. The van der Waals surface area contributed by atoms with Crippen LogP contribution in [0, 0.1) is 17.2 Å². The number of nitriles is 1. The Bertz CT molecular complexity index is 282. The first-order valence-electron chi connectivity index (χ1n) is 5.99. The maximum Gasteiger partial charge on any atom is 0.226 e. The predicted molar refractivity (Wildman–Crippen MR) is 62.4 cm³/mol. The zero-order chi connectivity index (χ0) is 12.1. The summed E-state index contributed by atoms with van der Waals surface area (Å²) in [6, 6.07) is 2.43. The van der Waals surface area contributed by atoms with Gasteiger partial charge in [0.05, 0.1) is 12.5 Å². The van der Waals surface area contributed by atoms with Crippen molar-refractivity contribution in [1.29, 1.82) is 5.26 Å². The second kappa shape index (κ2) is 5.86. The molecule has 2 N–H and O–H groups in total. The Hall–Kier alpha value is -1.08. The summed E-state index contributed by atoms with van der Waals surface area (Å²) in [6.07, 6.45) is 3.05. The van der Waals surface area contributed by atoms with Crippen LogP contribution < -0.4 is 5.73 Å². The summed E-state index contributed by atoms with van der Waals surface area (Å²) >= 11 is 0. The van der Waals surface area contributed by atoms with E-state index in [9.17, 15) is 4.79 Å². The van der Waals surface area contributed by atoms with Gasteiger partial charge in [-0.3, -0.25) is 4.79 Å². The normalized spacial score (nSPS) is 24.4. The van der Waals surface area contributed by atoms with E-state index >= 15 is 0 Å². The molecule has 4 nitrogen and oxygen atoms in total. The lowest BCUT2D eigenvalue weighted by atomic mass is 10.1. The van der Waals surface area contributed by atoms with Crippen molar-refractivity contribution in [3.8, 4) is 6.07 Å². The second-order valence-corrected chi connectivity index (χ2v) is 4.80. The number of carbonyl (C=O) groups excluding carboxylic acids is 1. The van der Waals surface area contributed by atoms with E-state index in [2.05, 4.69) is 6.07 Å². The fraction of sp³-hybridized carbons (Fsp3) is 0.833. The molecule has 0 aromatic rings. The van der Waals surface area contributed by atoms with E-state index in [1.165, 1.54) is 0 Å². The summed E-state index contributed by atoms with van der Waals surface area (Å²) in [5.74, 6) is 0.259. The molecule has 1 fully saturated rings. The van der Waals surface area contributed by atoms with Gasteiger partial charge in [-0.15, -0.1) is 0 Å². The van der Waals surface area contributed by atoms with Gasteiger partial charge in [-0.25, -0.2) is 0 Å². The first-order chi connectivity index (χ1) is 7.56. The first-order valence-corrected chi connectivity index (χ1v) is 5.99. The van der Waals surface area contributed by atoms with E-state index in [1.807, 2.05) is 18.7 Å². The van der Waals surface area contributed by atoms with Crippen LogP contribution in [-0.2, 0) is 4.79 Å². The van der Waals surface area contributed by atoms with Gasteiger partial charge in [-0.05, 0) is 33.1 Å². The van der Waals surface area contributed by atoms with Gasteiger partial charge in [0.15, 0.2) is 0 Å². The monoisotopic (exact) mass is 223 g/mol. The molecule has 0 saturated heterocycles. The van der Waals surface area contributed by atoms with Crippen LogP contribution in [-0.4, -0.2) is 29.4 Å². The van der Waals surface area contributed by atoms with Gasteiger partial charge in [0.1, 0.15) is 0 Å². The zero-order valence-corrected chi connectivity index (χ0v) is 10.1. The molecule has 1 aliphatic rings. The molecule has 16 heavy (non-hydrogen) atoms. The van der Waals surface area contributed by atoms with Crippen molar-refractivity contribution in [2.75, 3.05) is 6.54 Å². The molecule has 2 atom stereocenters. The van der Waals surface area contributed by atoms with Crippen molar-refractivity contribution >= 4 is 5.91 Å². The fourth-order valence-corrected chi connectivity index (χ4v) is 2.27. The largest absolute Gasteiger partial charge is 0.339 e. The highest BCUT2D eigenvalue weighted by atomic mass is 16.2. The molecule has 0 heterocycles. The average Bonchev–Trinajstić information content (AvgIpc) is 2.64. The van der Waals surface area contributed by atoms with Crippen LogP contribution in [0.25, 0.3) is 0 Å². The van der Waals surface area contributed by atoms with Crippen LogP contribution in [0.4, 0.5) is 0 Å². The molecule has 1 aliphatic carbocycles. The van der Waals surface area contributed by atoms with Gasteiger partial charge in [0.2, 0.25) is 5.91 Å². The van der Waals surface area contributed by atoms with Crippen LogP contribution in [0.1, 0.15) is 39.5 Å². The van der Waals surface area contributed by atoms with Crippen molar-refractivity contribution in [3.63, 3.8) is 0 Å². The number of rotatable bonds is 4. The van der Waals surface area contributed by atoms with Crippen LogP contribution in [0.15, 0.2) is 0 Å². The third-order valence-corrected chi connectivity index (χ3v) is 3.19. The van der Waals surface area contributed by atoms with Gasteiger partial charge < -0.3 is 10.6 Å². The van der Waals surface area contributed by atoms with Crippen molar-refractivity contribution < 1.29 is 4.79 Å². The first kappa shape index (κ1) is 13.0. The predicted octanol–water partition coefficient (Wildman–Crippen LogP) is 1.26. The molecule has 0 bridgehead atoms. The summed E-state index contributed by atoms with van der Waals surface area (Å²) in [6.45, 7) is 4.52. The average molecular weight is 223 g/mol. The Balaban J connectivity index is 2.57. The minimum atomic E-state index is 0.0797. The standard InChI is InChI=1S/C12H21N3O/c1-9(2)15(7-3-6-13)12(16)10-4-5-11(14)8-10/h9-11H,3-5,7-8,14H2,1-2H3. The molecule has 0 spiro atoms. The van der Waals surface area contributed by atoms with E-state index in [4.69, 9.17) is 11.0 Å². The fourth-order valence-electron chi connectivity index (χ4n) is 2.27. The molecule has 90 valence electrons. The lowest BCUT2D eigenvalue weighted by Gasteiger charge is -2.28. The summed E-state index contributed by atoms with van der Waals surface area (Å²) in [5, 5.41) is 8.58. The van der Waals surface area contributed by atoms with Gasteiger partial charge in [0.25, 0.3) is 0 Å². The third-order valence-electron chi connectivity index (χ3n) is 3.19. The second-order valence-electron chi connectivity index (χ2n) is 4.80. The number of amides is 1. The number of carbonyl (C=O) groups is 1. The SMILES string of the molecule is CC(C)N(CCC#N)C(=O)C1CCC(N)C1. The highest BCUT2D eigenvalue weighted by molar-refractivity contribution is 5.79. The zero-order valence-electron chi connectivity index (χ0n) is 10.1. The van der Waals surface area contributed by atoms with Crippen LogP contribution in [0.3, 0.4) is 0 Å². The number of nitrogens with zero attached hydrogens (tertiary/aromatic N) is 2. The van der Waals surface area contributed by atoms with E-state index in [1.54, 1.807) is 0 Å². The Labute approximate surface area is 97.4 Å². The van der Waals surface area contributed by atoms with Gasteiger partial charge in [0, 0.05) is 24.5 Å². The Morgan fingerprint density at radius 3 is 2.69 bits per heavy atom. The van der Waals surface area contributed by atoms with Crippen molar-refractivity contribution in [1.82, 2.24) is 4.90 Å². The van der Waals surface area contributed by atoms with E-state index in [0.717, 1.165) is 19.3 Å². The third kappa shape index (κ3) is 3.21. The molecule has 0 aromatic heterocycles. The molecule has 0 radical (unpaired) electrons. The van der Waals surface area contributed by atoms with Crippen molar-refractivity contribution in [2.45, 2.75) is 51.6 Å². The van der Waals surface area contributed by atoms with E-state index in [0.29, 0.717) is 13.0 Å². The number of nitrogens with two attached hydrogens (primary N) is 1. The summed E-state index contributed by atoms with van der Waals surface area (Å²) in [4.78, 5) is 14.0. The topological polar surface area (TPSA) is 70.1 Å². The lowest BCUT2D eigenvalue weighted by molar-refractivity contribution is -0.137. The van der Waals surface area contributed by atoms with Crippen molar-refractivity contribution in [3.05, 3.63) is 0 Å². The highest BCUT2D eigenvalue weighted by Crippen LogP contribution is 2.26. The van der Waals surface area contributed by atoms with E-state index < -0.39 is 0 Å². The highest BCUT2D eigenvalue weighted by Gasteiger charge is 2.31. The summed E-state index contributed by atoms with van der Waals surface area (Å²) in [5.41, 5.74) is 5.82. The molecular weight excluding hydrogens is 202 g/mol. The molecule has 4 heteroatoms. The molecule has 1 rings (SSSR count). The lowest BCUT2D eigenvalue weighted by Crippen LogP contribution is -2.41. The molecule has 0 aromatic carbocycles. The number of hydrogen-bond donors (Lipinski definition) is 1. The summed E-state index contributed by atoms with van der Waals surface area (Å²) < 4.78 is 0. The Morgan fingerprint density at radius 1 is 1.56 bits per heavy atom. The minimum Gasteiger partial charge on any atom is -0.339 e. The molecular formula is C12H21N3O. The Morgan fingerprint density at radius 2 is 2.25 bits per heavy atom. The maximum absolute atomic E-state index is 12.2. The maximum atomic E-state index is 12.2. The Kier molecular flexibility index (Phi) is 4.75. The summed E-state index contributed by atoms with van der Waals surface area (Å²) in [7, 11) is 0. The van der Waals surface area contributed by atoms with E-state index in [-0.39, 0.29) is 23.9 Å². The minimum absolute atomic E-state index is 0.0797. The molecule has 1 saturated carbocycles. The van der Waals surface area contributed by atoms with Crippen LogP contribution in [0.5, 0.6) is 0 Å². The van der Waals surface area contributed by atoms with Crippen LogP contribution >= 0.6 is 0 Å². The van der Waals surface area contributed by atoms with Crippen LogP contribution in [0.2, 0.25) is 0 Å². The van der Waals surface area contributed by atoms with Gasteiger partial charge >= 0.3 is 0 Å². The number of hydrogen-bond acceptors (Lipinski definition) is 3.